The lowest BCUT2D eigenvalue weighted by atomic mass is 9.91. The molecular weight excluding hydrogens is 612 g/mol. The van der Waals surface area contributed by atoms with Gasteiger partial charge in [-0.3, -0.25) is 9.67 Å². The van der Waals surface area contributed by atoms with Crippen molar-refractivity contribution in [3.8, 4) is 11.4 Å². The maximum Gasteiger partial charge on any atom is 0.418 e. The second-order valence-electron chi connectivity index (χ2n) is 10.3. The summed E-state index contributed by atoms with van der Waals surface area (Å²) in [5.41, 5.74) is 0.613. The highest BCUT2D eigenvalue weighted by atomic mass is 35.5. The molecule has 0 bridgehead atoms. The monoisotopic (exact) mass is 646 g/mol. The Morgan fingerprint density at radius 1 is 1.10 bits per heavy atom. The first-order valence-electron chi connectivity index (χ1n) is 13.7. The second-order valence-corrected chi connectivity index (χ2v) is 11.5. The summed E-state index contributed by atoms with van der Waals surface area (Å²) in [6.45, 7) is 5.76. The van der Waals surface area contributed by atoms with E-state index in [4.69, 9.17) is 49.6 Å². The second kappa shape index (κ2) is 14.5. The number of nitrogens with one attached hydrogen (secondary N) is 1. The molecule has 1 aliphatic rings. The highest BCUT2D eigenvalue weighted by Crippen LogP contribution is 2.41. The summed E-state index contributed by atoms with van der Waals surface area (Å²) in [7, 11) is 3.25. The van der Waals surface area contributed by atoms with E-state index in [2.05, 4.69) is 15.1 Å². The molecular formula is C29H35Cl2F3N4O3S. The third-order valence-electron chi connectivity index (χ3n) is 7.57. The van der Waals surface area contributed by atoms with Gasteiger partial charge in [0, 0.05) is 26.1 Å². The zero-order valence-corrected chi connectivity index (χ0v) is 26.1. The van der Waals surface area contributed by atoms with Gasteiger partial charge in [-0.25, -0.2) is 0 Å². The van der Waals surface area contributed by atoms with Crippen LogP contribution in [0.5, 0.6) is 5.75 Å². The van der Waals surface area contributed by atoms with Crippen molar-refractivity contribution in [3.63, 3.8) is 0 Å². The minimum atomic E-state index is -4.70. The molecule has 13 heteroatoms. The zero-order chi connectivity index (χ0) is 30.4. The van der Waals surface area contributed by atoms with Gasteiger partial charge >= 0.3 is 6.18 Å². The molecule has 0 amide bonds. The minimum absolute atomic E-state index is 0.0168. The fraction of sp³-hybridized carbons (Fsp3) is 0.517. The molecule has 42 heavy (non-hydrogen) atoms. The van der Waals surface area contributed by atoms with Crippen molar-refractivity contribution in [3.05, 3.63) is 67.7 Å². The number of aryl methyl sites for hydroxylation is 1. The van der Waals surface area contributed by atoms with Crippen molar-refractivity contribution < 1.29 is 27.4 Å². The predicted molar refractivity (Wildman–Crippen MR) is 160 cm³/mol. The summed E-state index contributed by atoms with van der Waals surface area (Å²) < 4.78 is 60.4. The van der Waals surface area contributed by atoms with Crippen LogP contribution >= 0.6 is 35.4 Å². The number of aromatic nitrogens is 3. The summed E-state index contributed by atoms with van der Waals surface area (Å²) in [5.74, 6) is 0.636. The molecule has 7 nitrogen and oxygen atoms in total. The number of aromatic amines is 1. The third-order valence-corrected chi connectivity index (χ3v) is 8.57. The van der Waals surface area contributed by atoms with Gasteiger partial charge in [-0.05, 0) is 80.7 Å². The van der Waals surface area contributed by atoms with Crippen LogP contribution in [0.4, 0.5) is 13.2 Å². The van der Waals surface area contributed by atoms with Crippen LogP contribution in [-0.4, -0.2) is 72.8 Å². The quantitative estimate of drug-likeness (QED) is 0.161. The van der Waals surface area contributed by atoms with Gasteiger partial charge in [0.2, 0.25) is 0 Å². The summed E-state index contributed by atoms with van der Waals surface area (Å²) in [5, 5.41) is 6.95. The molecule has 4 rings (SSSR count). The van der Waals surface area contributed by atoms with Crippen LogP contribution in [0.3, 0.4) is 0 Å². The van der Waals surface area contributed by atoms with E-state index in [1.165, 1.54) is 10.6 Å². The molecule has 2 heterocycles. The Bertz CT molecular complexity index is 1410. The average molecular weight is 648 g/mol. The number of piperidine rings is 1. The van der Waals surface area contributed by atoms with E-state index < -0.39 is 17.7 Å². The summed E-state index contributed by atoms with van der Waals surface area (Å²) in [6, 6.07) is 7.80. The van der Waals surface area contributed by atoms with Crippen molar-refractivity contribution in [2.75, 3.05) is 47.1 Å². The SMILES string of the molecule is COCCOC1CCN(CCCC(c2ccc(C)c(OC)c2)c2n[nH]c(=S)n2-c2cc(Cl)c(Cl)cc2C(F)(F)F)CC1. The average Bonchev–Trinajstić information content (AvgIpc) is 3.33. The Labute approximate surface area is 258 Å². The number of benzene rings is 2. The predicted octanol–water partition coefficient (Wildman–Crippen LogP) is 7.61. The highest BCUT2D eigenvalue weighted by molar-refractivity contribution is 7.71. The van der Waals surface area contributed by atoms with E-state index in [0.29, 0.717) is 31.2 Å². The Balaban J connectivity index is 1.64. The summed E-state index contributed by atoms with van der Waals surface area (Å²) in [4.78, 5) is 2.39. The Kier molecular flexibility index (Phi) is 11.3. The topological polar surface area (TPSA) is 64.5 Å². The van der Waals surface area contributed by atoms with Gasteiger partial charge in [0.1, 0.15) is 11.6 Å². The van der Waals surface area contributed by atoms with Crippen LogP contribution in [0.2, 0.25) is 10.0 Å². The number of halogens is 5. The normalized spacial score (nSPS) is 15.7. The molecule has 1 saturated heterocycles. The molecule has 1 unspecified atom stereocenters. The van der Waals surface area contributed by atoms with Gasteiger partial charge < -0.3 is 19.1 Å². The maximum absolute atomic E-state index is 14.2. The summed E-state index contributed by atoms with van der Waals surface area (Å²) >= 11 is 17.7. The number of H-pyrrole nitrogens is 1. The highest BCUT2D eigenvalue weighted by Gasteiger charge is 2.36. The van der Waals surface area contributed by atoms with E-state index >= 15 is 0 Å². The number of hydrogen-bond donors (Lipinski definition) is 1. The number of methoxy groups -OCH3 is 2. The molecule has 1 N–H and O–H groups in total. The molecule has 230 valence electrons. The molecule has 3 aromatic rings. The molecule has 1 fully saturated rings. The zero-order valence-electron chi connectivity index (χ0n) is 23.8. The maximum atomic E-state index is 14.2. The smallest absolute Gasteiger partial charge is 0.418 e. The molecule has 1 aliphatic heterocycles. The van der Waals surface area contributed by atoms with Crippen LogP contribution in [0, 0.1) is 11.7 Å². The molecule has 0 aliphatic carbocycles. The van der Waals surface area contributed by atoms with Crippen LogP contribution in [0.1, 0.15) is 54.1 Å². The fourth-order valence-electron chi connectivity index (χ4n) is 5.34. The standard InChI is InChI=1S/C29H35Cl2F3N4O3S/c1-18-6-7-19(15-26(18)40-3)21(5-4-10-37-11-8-20(9-12-37)41-14-13-39-2)27-35-36-28(42)38(27)25-17-24(31)23(30)16-22(25)29(32,33)34/h6-7,15-17,20-21H,4-5,8-14H2,1-3H3,(H,36,42). The number of hydrogen-bond acceptors (Lipinski definition) is 6. The molecule has 0 spiro atoms. The van der Waals surface area contributed by atoms with Crippen LogP contribution in [0.15, 0.2) is 30.3 Å². The van der Waals surface area contributed by atoms with Crippen molar-refractivity contribution in [2.45, 2.75) is 50.8 Å². The first-order valence-corrected chi connectivity index (χ1v) is 14.9. The molecule has 1 aromatic heterocycles. The van der Waals surface area contributed by atoms with Crippen LogP contribution in [0.25, 0.3) is 5.69 Å². The lowest BCUT2D eigenvalue weighted by Crippen LogP contribution is -2.38. The van der Waals surface area contributed by atoms with Gasteiger partial charge in [0.25, 0.3) is 0 Å². The van der Waals surface area contributed by atoms with Crippen LogP contribution < -0.4 is 4.74 Å². The van der Waals surface area contributed by atoms with Gasteiger partial charge in [-0.1, -0.05) is 35.3 Å². The fourth-order valence-corrected chi connectivity index (χ4v) is 5.90. The van der Waals surface area contributed by atoms with Crippen molar-refractivity contribution >= 4 is 35.4 Å². The van der Waals surface area contributed by atoms with E-state index in [9.17, 15) is 13.2 Å². The minimum Gasteiger partial charge on any atom is -0.496 e. The first-order chi connectivity index (χ1) is 20.0. The van der Waals surface area contributed by atoms with E-state index in [-0.39, 0.29) is 26.6 Å². The Morgan fingerprint density at radius 2 is 1.81 bits per heavy atom. The van der Waals surface area contributed by atoms with E-state index in [1.807, 2.05) is 25.1 Å². The lowest BCUT2D eigenvalue weighted by molar-refractivity contribution is -0.137. The first kappa shape index (κ1) is 32.8. The van der Waals surface area contributed by atoms with Crippen molar-refractivity contribution in [2.24, 2.45) is 0 Å². The Morgan fingerprint density at radius 3 is 2.48 bits per heavy atom. The molecule has 2 aromatic carbocycles. The molecule has 0 radical (unpaired) electrons. The number of likely N-dealkylation sites (tertiary alicyclic amines) is 1. The third kappa shape index (κ3) is 7.86. The Hall–Kier alpha value is -2.15. The van der Waals surface area contributed by atoms with Crippen LogP contribution in [-0.2, 0) is 15.7 Å². The number of alkyl halides is 3. The van der Waals surface area contributed by atoms with Gasteiger partial charge in [0.15, 0.2) is 4.77 Å². The van der Waals surface area contributed by atoms with Gasteiger partial charge in [-0.15, -0.1) is 0 Å². The number of ether oxygens (including phenoxy) is 3. The summed E-state index contributed by atoms with van der Waals surface area (Å²) in [6.07, 6.45) is -1.19. The van der Waals surface area contributed by atoms with Gasteiger partial charge in [-0.2, -0.15) is 18.3 Å². The van der Waals surface area contributed by atoms with Crippen molar-refractivity contribution in [1.82, 2.24) is 19.7 Å². The lowest BCUT2D eigenvalue weighted by Gasteiger charge is -2.32. The molecule has 1 atom stereocenters. The van der Waals surface area contributed by atoms with Crippen molar-refractivity contribution in [1.29, 1.82) is 0 Å². The largest absolute Gasteiger partial charge is 0.496 e. The van der Waals surface area contributed by atoms with Gasteiger partial charge in [0.05, 0.1) is 47.7 Å². The number of rotatable bonds is 12. The van der Waals surface area contributed by atoms with E-state index in [0.717, 1.165) is 56.1 Å². The number of nitrogens with zero attached hydrogens (tertiary/aromatic N) is 3. The van der Waals surface area contributed by atoms with E-state index in [1.54, 1.807) is 14.2 Å². The molecule has 0 saturated carbocycles.